The minimum Gasteiger partial charge on any atom is -0.481 e. The summed E-state index contributed by atoms with van der Waals surface area (Å²) in [6.45, 7) is 2.47. The van der Waals surface area contributed by atoms with Gasteiger partial charge >= 0.3 is 12.0 Å². The minimum absolute atomic E-state index is 0.270. The van der Waals surface area contributed by atoms with Crippen molar-refractivity contribution < 1.29 is 14.7 Å². The van der Waals surface area contributed by atoms with Crippen molar-refractivity contribution in [3.63, 3.8) is 0 Å². The van der Waals surface area contributed by atoms with Crippen LogP contribution in [-0.2, 0) is 11.3 Å². The molecule has 1 rings (SSSR count). The summed E-state index contributed by atoms with van der Waals surface area (Å²) in [6.07, 6.45) is 0.432. The molecule has 0 aliphatic carbocycles. The van der Waals surface area contributed by atoms with Crippen LogP contribution in [0.25, 0.3) is 0 Å². The highest BCUT2D eigenvalue weighted by Crippen LogP contribution is 2.04. The number of aliphatic carboxylic acids is 1. The van der Waals surface area contributed by atoms with E-state index in [1.807, 2.05) is 16.8 Å². The molecule has 0 spiro atoms. The Bertz CT molecular complexity index is 365. The fourth-order valence-corrected chi connectivity index (χ4v) is 1.83. The van der Waals surface area contributed by atoms with Gasteiger partial charge in [-0.3, -0.25) is 4.79 Å². The standard InChI is InChI=1S/C11H16N2O3S/c1-8(10(14)15)2-4-12-11(16)13-6-9-3-5-17-7-9/h3,5,7-8H,2,4,6H2,1H3,(H,14,15)(H2,12,13,16). The Morgan fingerprint density at radius 2 is 2.24 bits per heavy atom. The predicted molar refractivity (Wildman–Crippen MR) is 66.0 cm³/mol. The monoisotopic (exact) mass is 256 g/mol. The lowest BCUT2D eigenvalue weighted by Crippen LogP contribution is -2.36. The lowest BCUT2D eigenvalue weighted by molar-refractivity contribution is -0.141. The second-order valence-electron chi connectivity index (χ2n) is 3.77. The molecule has 1 aromatic rings. The summed E-state index contributed by atoms with van der Waals surface area (Å²) in [5, 5.41) is 17.9. The molecule has 0 radical (unpaired) electrons. The average Bonchev–Trinajstić information content (AvgIpc) is 2.78. The van der Waals surface area contributed by atoms with Crippen LogP contribution in [0.3, 0.4) is 0 Å². The van der Waals surface area contributed by atoms with Crippen molar-refractivity contribution in [2.45, 2.75) is 19.9 Å². The third-order valence-corrected chi connectivity index (χ3v) is 3.05. The molecule has 6 heteroatoms. The Balaban J connectivity index is 2.11. The third kappa shape index (κ3) is 5.35. The molecule has 0 bridgehead atoms. The Kier molecular flexibility index (Phi) is 5.48. The molecule has 0 saturated carbocycles. The summed E-state index contributed by atoms with van der Waals surface area (Å²) in [4.78, 5) is 21.9. The van der Waals surface area contributed by atoms with Crippen LogP contribution in [0.15, 0.2) is 16.8 Å². The number of rotatable bonds is 6. The van der Waals surface area contributed by atoms with Crippen LogP contribution in [0, 0.1) is 5.92 Å². The predicted octanol–water partition coefficient (Wildman–Crippen LogP) is 1.66. The lowest BCUT2D eigenvalue weighted by atomic mass is 10.1. The van der Waals surface area contributed by atoms with Crippen molar-refractivity contribution in [3.05, 3.63) is 22.4 Å². The first-order valence-electron chi connectivity index (χ1n) is 5.35. The number of urea groups is 1. The van der Waals surface area contributed by atoms with Crippen LogP contribution < -0.4 is 10.6 Å². The average molecular weight is 256 g/mol. The number of carboxylic acid groups (broad SMARTS) is 1. The third-order valence-electron chi connectivity index (χ3n) is 2.32. The fraction of sp³-hybridized carbons (Fsp3) is 0.455. The molecule has 1 aromatic heterocycles. The van der Waals surface area contributed by atoms with Crippen LogP contribution in [-0.4, -0.2) is 23.7 Å². The summed E-state index contributed by atoms with van der Waals surface area (Å²) < 4.78 is 0. The molecule has 1 heterocycles. The smallest absolute Gasteiger partial charge is 0.315 e. The molecule has 1 atom stereocenters. The zero-order valence-corrected chi connectivity index (χ0v) is 10.4. The van der Waals surface area contributed by atoms with Crippen LogP contribution in [0.5, 0.6) is 0 Å². The number of hydrogen-bond donors (Lipinski definition) is 3. The Labute approximate surface area is 104 Å². The van der Waals surface area contributed by atoms with Crippen molar-refractivity contribution in [1.82, 2.24) is 10.6 Å². The molecule has 0 fully saturated rings. The van der Waals surface area contributed by atoms with Crippen molar-refractivity contribution >= 4 is 23.3 Å². The molecule has 0 aliphatic heterocycles. The van der Waals surface area contributed by atoms with Crippen LogP contribution in [0.4, 0.5) is 4.79 Å². The second-order valence-corrected chi connectivity index (χ2v) is 4.55. The summed E-state index contributed by atoms with van der Waals surface area (Å²) >= 11 is 1.58. The van der Waals surface area contributed by atoms with E-state index in [1.165, 1.54) is 0 Å². The Morgan fingerprint density at radius 3 is 2.82 bits per heavy atom. The van der Waals surface area contributed by atoms with E-state index >= 15 is 0 Å². The first kappa shape index (κ1) is 13.5. The van der Waals surface area contributed by atoms with Gasteiger partial charge in [0, 0.05) is 13.1 Å². The molecule has 3 N–H and O–H groups in total. The quantitative estimate of drug-likeness (QED) is 0.724. The Morgan fingerprint density at radius 1 is 1.47 bits per heavy atom. The van der Waals surface area contributed by atoms with E-state index in [0.29, 0.717) is 19.5 Å². The molecular weight excluding hydrogens is 240 g/mol. The molecule has 0 aliphatic rings. The number of carboxylic acids is 1. The number of hydrogen-bond acceptors (Lipinski definition) is 3. The highest BCUT2D eigenvalue weighted by atomic mass is 32.1. The summed E-state index contributed by atoms with van der Waals surface area (Å²) in [7, 11) is 0. The second kappa shape index (κ2) is 6.90. The first-order chi connectivity index (χ1) is 8.09. The molecule has 2 amide bonds. The van der Waals surface area contributed by atoms with Gasteiger partial charge in [-0.2, -0.15) is 11.3 Å². The first-order valence-corrected chi connectivity index (χ1v) is 6.29. The van der Waals surface area contributed by atoms with Crippen LogP contribution >= 0.6 is 11.3 Å². The van der Waals surface area contributed by atoms with Crippen molar-refractivity contribution in [3.8, 4) is 0 Å². The van der Waals surface area contributed by atoms with Crippen molar-refractivity contribution in [2.75, 3.05) is 6.54 Å². The lowest BCUT2D eigenvalue weighted by Gasteiger charge is -2.08. The zero-order valence-electron chi connectivity index (χ0n) is 9.60. The van der Waals surface area contributed by atoms with Crippen LogP contribution in [0.1, 0.15) is 18.9 Å². The number of carbonyl (C=O) groups is 2. The van der Waals surface area contributed by atoms with E-state index in [0.717, 1.165) is 5.56 Å². The molecule has 0 aromatic carbocycles. The summed E-state index contributed by atoms with van der Waals surface area (Å²) in [5.41, 5.74) is 1.06. The number of amides is 2. The maximum atomic E-state index is 11.3. The largest absolute Gasteiger partial charge is 0.481 e. The van der Waals surface area contributed by atoms with Gasteiger partial charge in [0.05, 0.1) is 5.92 Å². The van der Waals surface area contributed by atoms with Gasteiger partial charge in [-0.25, -0.2) is 4.79 Å². The van der Waals surface area contributed by atoms with E-state index < -0.39 is 11.9 Å². The van der Waals surface area contributed by atoms with E-state index in [1.54, 1.807) is 18.3 Å². The van der Waals surface area contributed by atoms with Crippen molar-refractivity contribution in [2.24, 2.45) is 5.92 Å². The molecule has 5 nitrogen and oxygen atoms in total. The van der Waals surface area contributed by atoms with Crippen molar-refractivity contribution in [1.29, 1.82) is 0 Å². The van der Waals surface area contributed by atoms with Gasteiger partial charge in [-0.05, 0) is 28.8 Å². The zero-order chi connectivity index (χ0) is 12.7. The molecule has 17 heavy (non-hydrogen) atoms. The number of carbonyl (C=O) groups excluding carboxylic acids is 1. The molecule has 94 valence electrons. The summed E-state index contributed by atoms with van der Waals surface area (Å²) in [6, 6.07) is 1.67. The van der Waals surface area contributed by atoms with Gasteiger partial charge in [0.2, 0.25) is 0 Å². The van der Waals surface area contributed by atoms with Crippen LogP contribution in [0.2, 0.25) is 0 Å². The number of nitrogens with one attached hydrogen (secondary N) is 2. The Hall–Kier alpha value is -1.56. The highest BCUT2D eigenvalue weighted by Gasteiger charge is 2.10. The molecular formula is C11H16N2O3S. The maximum Gasteiger partial charge on any atom is 0.315 e. The fourth-order valence-electron chi connectivity index (χ4n) is 1.16. The van der Waals surface area contributed by atoms with Gasteiger partial charge < -0.3 is 15.7 Å². The maximum absolute atomic E-state index is 11.3. The van der Waals surface area contributed by atoms with E-state index in [9.17, 15) is 9.59 Å². The van der Waals surface area contributed by atoms with Gasteiger partial charge in [-0.15, -0.1) is 0 Å². The van der Waals surface area contributed by atoms with E-state index in [2.05, 4.69) is 10.6 Å². The molecule has 1 unspecified atom stereocenters. The SMILES string of the molecule is CC(CCNC(=O)NCc1ccsc1)C(=O)O. The van der Waals surface area contributed by atoms with Gasteiger partial charge in [-0.1, -0.05) is 6.92 Å². The topological polar surface area (TPSA) is 78.4 Å². The van der Waals surface area contributed by atoms with E-state index in [-0.39, 0.29) is 6.03 Å². The number of thiophene rings is 1. The normalized spacial score (nSPS) is 11.8. The van der Waals surface area contributed by atoms with Gasteiger partial charge in [0.25, 0.3) is 0 Å². The highest BCUT2D eigenvalue weighted by molar-refractivity contribution is 7.07. The summed E-state index contributed by atoms with van der Waals surface area (Å²) in [5.74, 6) is -1.28. The van der Waals surface area contributed by atoms with Gasteiger partial charge in [0.15, 0.2) is 0 Å². The molecule has 0 saturated heterocycles. The van der Waals surface area contributed by atoms with E-state index in [4.69, 9.17) is 5.11 Å². The minimum atomic E-state index is -0.842. The van der Waals surface area contributed by atoms with Gasteiger partial charge in [0.1, 0.15) is 0 Å².